The quantitative estimate of drug-likeness (QED) is 0.836. The van der Waals surface area contributed by atoms with Crippen molar-refractivity contribution < 1.29 is 9.53 Å². The molecule has 92 valence electrons. The molecule has 0 fully saturated rings. The minimum Gasteiger partial charge on any atom is -0.468 e. The molecule has 1 N–H and O–H groups in total. The van der Waals surface area contributed by atoms with Gasteiger partial charge in [-0.15, -0.1) is 0 Å². The van der Waals surface area contributed by atoms with Gasteiger partial charge in [-0.3, -0.25) is 4.79 Å². The maximum absolute atomic E-state index is 11.0. The number of carbonyl (C=O) groups is 1. The molecule has 2 rings (SSSR count). The number of methoxy groups -OCH3 is 1. The molecule has 0 heterocycles. The van der Waals surface area contributed by atoms with Crippen LogP contribution in [0.2, 0.25) is 0 Å². The topological polar surface area (TPSA) is 38.3 Å². The molecule has 0 unspecified atom stereocenters. The van der Waals surface area contributed by atoms with Crippen LogP contribution in [0.5, 0.6) is 0 Å². The molecule has 3 heteroatoms. The van der Waals surface area contributed by atoms with Gasteiger partial charge in [0.25, 0.3) is 0 Å². The second-order valence-electron chi connectivity index (χ2n) is 3.87. The number of hydrogen-bond acceptors (Lipinski definition) is 3. The Bertz CT molecular complexity index is 506. The highest BCUT2D eigenvalue weighted by Gasteiger charge is 2.00. The zero-order valence-electron chi connectivity index (χ0n) is 10.2. The Morgan fingerprint density at radius 3 is 2.22 bits per heavy atom. The lowest BCUT2D eigenvalue weighted by Crippen LogP contribution is -2.14. The van der Waals surface area contributed by atoms with Crippen LogP contribution in [0.15, 0.2) is 54.6 Å². The summed E-state index contributed by atoms with van der Waals surface area (Å²) in [6.45, 7) is 0.182. The van der Waals surface area contributed by atoms with Crippen molar-refractivity contribution in [1.29, 1.82) is 0 Å². The van der Waals surface area contributed by atoms with Gasteiger partial charge >= 0.3 is 5.97 Å². The lowest BCUT2D eigenvalue weighted by atomic mass is 10.1. The maximum Gasteiger partial charge on any atom is 0.325 e. The number of ether oxygens (including phenoxy) is 1. The highest BCUT2D eigenvalue weighted by molar-refractivity contribution is 5.75. The molecule has 0 aliphatic heterocycles. The third-order valence-corrected chi connectivity index (χ3v) is 2.66. The second-order valence-corrected chi connectivity index (χ2v) is 3.87. The molecule has 18 heavy (non-hydrogen) atoms. The minimum atomic E-state index is -0.276. The molecule has 0 bridgehead atoms. The summed E-state index contributed by atoms with van der Waals surface area (Å²) in [5.41, 5.74) is 3.23. The van der Waals surface area contributed by atoms with Gasteiger partial charge in [-0.05, 0) is 23.3 Å². The van der Waals surface area contributed by atoms with Crippen molar-refractivity contribution in [3.8, 4) is 11.1 Å². The van der Waals surface area contributed by atoms with E-state index in [2.05, 4.69) is 22.2 Å². The van der Waals surface area contributed by atoms with E-state index in [0.29, 0.717) is 0 Å². The molecule has 0 atom stereocenters. The van der Waals surface area contributed by atoms with Gasteiger partial charge in [0.05, 0.1) is 7.11 Å². The number of rotatable bonds is 4. The SMILES string of the molecule is COC(=O)CNc1ccc(-c2ccccc2)cc1. The van der Waals surface area contributed by atoms with Crippen LogP contribution in [0.4, 0.5) is 5.69 Å². The van der Waals surface area contributed by atoms with Crippen molar-refractivity contribution in [3.63, 3.8) is 0 Å². The summed E-state index contributed by atoms with van der Waals surface area (Å²) < 4.78 is 4.56. The van der Waals surface area contributed by atoms with Crippen molar-refractivity contribution in [2.75, 3.05) is 19.0 Å². The van der Waals surface area contributed by atoms with Crippen LogP contribution in [0, 0.1) is 0 Å². The van der Waals surface area contributed by atoms with Crippen LogP contribution in [0.3, 0.4) is 0 Å². The predicted molar refractivity (Wildman–Crippen MR) is 72.4 cm³/mol. The third-order valence-electron chi connectivity index (χ3n) is 2.66. The molecule has 0 aliphatic carbocycles. The Morgan fingerprint density at radius 1 is 1.00 bits per heavy atom. The van der Waals surface area contributed by atoms with Crippen molar-refractivity contribution in [3.05, 3.63) is 54.6 Å². The lowest BCUT2D eigenvalue weighted by molar-refractivity contribution is -0.138. The highest BCUT2D eigenvalue weighted by atomic mass is 16.5. The molecule has 2 aromatic rings. The normalized spacial score (nSPS) is 9.83. The fourth-order valence-electron chi connectivity index (χ4n) is 1.66. The monoisotopic (exact) mass is 241 g/mol. The fraction of sp³-hybridized carbons (Fsp3) is 0.133. The first-order valence-corrected chi connectivity index (χ1v) is 5.76. The summed E-state index contributed by atoms with van der Waals surface area (Å²) in [4.78, 5) is 11.0. The van der Waals surface area contributed by atoms with Crippen LogP contribution in [0.1, 0.15) is 0 Å². The first kappa shape index (κ1) is 12.2. The molecular formula is C15H15NO2. The summed E-state index contributed by atoms with van der Waals surface area (Å²) in [6, 6.07) is 18.1. The summed E-state index contributed by atoms with van der Waals surface area (Å²) in [5, 5.41) is 3.00. The Labute approximate surface area is 106 Å². The van der Waals surface area contributed by atoms with Gasteiger partial charge in [0.2, 0.25) is 0 Å². The average Bonchev–Trinajstić information content (AvgIpc) is 2.46. The minimum absolute atomic E-state index is 0.182. The van der Waals surface area contributed by atoms with Crippen LogP contribution >= 0.6 is 0 Å². The summed E-state index contributed by atoms with van der Waals surface area (Å²) in [7, 11) is 1.38. The Hall–Kier alpha value is -2.29. The zero-order chi connectivity index (χ0) is 12.8. The number of anilines is 1. The summed E-state index contributed by atoms with van der Waals surface area (Å²) in [5.74, 6) is -0.276. The summed E-state index contributed by atoms with van der Waals surface area (Å²) in [6.07, 6.45) is 0. The van der Waals surface area contributed by atoms with E-state index in [1.54, 1.807) is 0 Å². The van der Waals surface area contributed by atoms with Gasteiger partial charge in [0.15, 0.2) is 0 Å². The molecule has 0 amide bonds. The van der Waals surface area contributed by atoms with E-state index in [9.17, 15) is 4.79 Å². The second kappa shape index (κ2) is 5.87. The van der Waals surface area contributed by atoms with Crippen LogP contribution in [-0.4, -0.2) is 19.6 Å². The molecule has 0 saturated carbocycles. The largest absolute Gasteiger partial charge is 0.468 e. The first-order chi connectivity index (χ1) is 8.79. The number of carbonyl (C=O) groups excluding carboxylic acids is 1. The molecule has 2 aromatic carbocycles. The van der Waals surface area contributed by atoms with E-state index in [4.69, 9.17) is 0 Å². The summed E-state index contributed by atoms with van der Waals surface area (Å²) >= 11 is 0. The molecule has 3 nitrogen and oxygen atoms in total. The fourth-order valence-corrected chi connectivity index (χ4v) is 1.66. The molecular weight excluding hydrogens is 226 g/mol. The average molecular weight is 241 g/mol. The lowest BCUT2D eigenvalue weighted by Gasteiger charge is -2.06. The smallest absolute Gasteiger partial charge is 0.325 e. The Morgan fingerprint density at radius 2 is 1.61 bits per heavy atom. The van der Waals surface area contributed by atoms with Gasteiger partial charge in [0.1, 0.15) is 6.54 Å². The number of esters is 1. The standard InChI is InChI=1S/C15H15NO2/c1-18-15(17)11-16-14-9-7-13(8-10-14)12-5-3-2-4-6-12/h2-10,16H,11H2,1H3. The van der Waals surface area contributed by atoms with Crippen LogP contribution in [0.25, 0.3) is 11.1 Å². The van der Waals surface area contributed by atoms with E-state index in [-0.39, 0.29) is 12.5 Å². The van der Waals surface area contributed by atoms with Crippen molar-refractivity contribution in [1.82, 2.24) is 0 Å². The molecule has 0 radical (unpaired) electrons. The number of benzene rings is 2. The van der Waals surface area contributed by atoms with Gasteiger partial charge in [-0.25, -0.2) is 0 Å². The van der Waals surface area contributed by atoms with Gasteiger partial charge in [-0.2, -0.15) is 0 Å². The van der Waals surface area contributed by atoms with Crippen LogP contribution < -0.4 is 5.32 Å². The highest BCUT2D eigenvalue weighted by Crippen LogP contribution is 2.20. The Balaban J connectivity index is 2.04. The van der Waals surface area contributed by atoms with E-state index in [1.165, 1.54) is 12.7 Å². The molecule has 0 saturated heterocycles. The van der Waals surface area contributed by atoms with E-state index >= 15 is 0 Å². The molecule has 0 aromatic heterocycles. The van der Waals surface area contributed by atoms with E-state index in [1.807, 2.05) is 42.5 Å². The molecule has 0 spiro atoms. The van der Waals surface area contributed by atoms with Gasteiger partial charge in [-0.1, -0.05) is 42.5 Å². The van der Waals surface area contributed by atoms with E-state index < -0.39 is 0 Å². The van der Waals surface area contributed by atoms with Crippen molar-refractivity contribution in [2.45, 2.75) is 0 Å². The van der Waals surface area contributed by atoms with Gasteiger partial charge in [0, 0.05) is 5.69 Å². The van der Waals surface area contributed by atoms with Crippen LogP contribution in [-0.2, 0) is 9.53 Å². The number of hydrogen-bond donors (Lipinski definition) is 1. The molecule has 0 aliphatic rings. The van der Waals surface area contributed by atoms with E-state index in [0.717, 1.165) is 11.3 Å². The first-order valence-electron chi connectivity index (χ1n) is 5.76. The zero-order valence-corrected chi connectivity index (χ0v) is 10.2. The predicted octanol–water partition coefficient (Wildman–Crippen LogP) is 2.94. The van der Waals surface area contributed by atoms with Crippen molar-refractivity contribution in [2.24, 2.45) is 0 Å². The Kier molecular flexibility index (Phi) is 3.97. The maximum atomic E-state index is 11.0. The van der Waals surface area contributed by atoms with Crippen molar-refractivity contribution >= 4 is 11.7 Å². The third kappa shape index (κ3) is 3.10. The van der Waals surface area contributed by atoms with Gasteiger partial charge < -0.3 is 10.1 Å². The number of nitrogens with one attached hydrogen (secondary N) is 1.